The molecule has 0 spiro atoms. The highest BCUT2D eigenvalue weighted by Crippen LogP contribution is 2.33. The predicted octanol–water partition coefficient (Wildman–Crippen LogP) is 3.01. The fourth-order valence-electron chi connectivity index (χ4n) is 1.37. The predicted molar refractivity (Wildman–Crippen MR) is 76.7 cm³/mol. The topological polar surface area (TPSA) is 67.4 Å². The van der Waals surface area contributed by atoms with Crippen LogP contribution in [-0.2, 0) is 4.79 Å². The van der Waals surface area contributed by atoms with Crippen LogP contribution >= 0.6 is 34.8 Å². The van der Waals surface area contributed by atoms with Gasteiger partial charge in [0.1, 0.15) is 5.75 Å². The highest BCUT2D eigenvalue weighted by molar-refractivity contribution is 6.43. The lowest BCUT2D eigenvalue weighted by atomic mass is 10.3. The Kier molecular flexibility index (Phi) is 4.96. The molecule has 5 nitrogen and oxygen atoms in total. The van der Waals surface area contributed by atoms with Crippen molar-refractivity contribution in [2.75, 3.05) is 6.61 Å². The standard InChI is InChI=1S/C12H11Cl3N2O3/c13-7-3-9(15)10(4-8(7)14)20-5-11(18)17-12(19)16-6-1-2-6/h3-4,6H,1-2,5H2,(H2,16,17,18,19). The summed E-state index contributed by atoms with van der Waals surface area (Å²) in [5.41, 5.74) is 0. The molecule has 2 N–H and O–H groups in total. The highest BCUT2D eigenvalue weighted by Gasteiger charge is 2.24. The first-order chi connectivity index (χ1) is 9.45. The van der Waals surface area contributed by atoms with Gasteiger partial charge in [-0.25, -0.2) is 4.79 Å². The number of hydrogen-bond acceptors (Lipinski definition) is 3. The zero-order chi connectivity index (χ0) is 14.7. The summed E-state index contributed by atoms with van der Waals surface area (Å²) in [4.78, 5) is 22.8. The van der Waals surface area contributed by atoms with Crippen LogP contribution in [0.1, 0.15) is 12.8 Å². The number of imide groups is 1. The minimum Gasteiger partial charge on any atom is -0.482 e. The van der Waals surface area contributed by atoms with Crippen molar-refractivity contribution in [1.82, 2.24) is 10.6 Å². The van der Waals surface area contributed by atoms with Crippen LogP contribution in [0.5, 0.6) is 5.75 Å². The Bertz CT molecular complexity index is 547. The second-order valence-corrected chi connectivity index (χ2v) is 5.50. The Morgan fingerprint density at radius 3 is 2.45 bits per heavy atom. The van der Waals surface area contributed by atoms with E-state index in [2.05, 4.69) is 10.6 Å². The fourth-order valence-corrected chi connectivity index (χ4v) is 1.96. The van der Waals surface area contributed by atoms with Gasteiger partial charge in [-0.15, -0.1) is 0 Å². The average Bonchev–Trinajstić information content (AvgIpc) is 3.15. The summed E-state index contributed by atoms with van der Waals surface area (Å²) in [5.74, 6) is -0.357. The Balaban J connectivity index is 1.83. The SMILES string of the molecule is O=C(COc1cc(Cl)c(Cl)cc1Cl)NC(=O)NC1CC1. The molecule has 8 heteroatoms. The number of benzene rings is 1. The highest BCUT2D eigenvalue weighted by atomic mass is 35.5. The van der Waals surface area contributed by atoms with Gasteiger partial charge in [0.05, 0.1) is 15.1 Å². The molecule has 108 valence electrons. The summed E-state index contributed by atoms with van der Waals surface area (Å²) in [6.07, 6.45) is 1.88. The van der Waals surface area contributed by atoms with Crippen LogP contribution in [0.2, 0.25) is 15.1 Å². The number of carbonyl (C=O) groups is 2. The first-order valence-corrected chi connectivity index (χ1v) is 6.97. The fraction of sp³-hybridized carbons (Fsp3) is 0.333. The maximum atomic E-state index is 11.5. The van der Waals surface area contributed by atoms with E-state index < -0.39 is 11.9 Å². The molecule has 1 fully saturated rings. The molecule has 1 aliphatic rings. The van der Waals surface area contributed by atoms with Crippen LogP contribution < -0.4 is 15.4 Å². The van der Waals surface area contributed by atoms with Crippen LogP contribution in [0.3, 0.4) is 0 Å². The molecular formula is C12H11Cl3N2O3. The second-order valence-electron chi connectivity index (χ2n) is 4.28. The largest absolute Gasteiger partial charge is 0.482 e. The normalized spacial score (nSPS) is 13.8. The van der Waals surface area contributed by atoms with Gasteiger partial charge in [0.15, 0.2) is 6.61 Å². The minimum absolute atomic E-state index is 0.174. The van der Waals surface area contributed by atoms with Crippen LogP contribution in [0.15, 0.2) is 12.1 Å². The molecule has 1 aromatic rings. The molecular weight excluding hydrogens is 327 g/mol. The summed E-state index contributed by atoms with van der Waals surface area (Å²) in [6, 6.07) is 2.47. The number of rotatable bonds is 4. The number of hydrogen-bond donors (Lipinski definition) is 2. The van der Waals surface area contributed by atoms with E-state index in [9.17, 15) is 9.59 Å². The third-order valence-electron chi connectivity index (χ3n) is 2.50. The van der Waals surface area contributed by atoms with Crippen molar-refractivity contribution in [3.05, 3.63) is 27.2 Å². The number of carbonyl (C=O) groups excluding carboxylic acids is 2. The van der Waals surface area contributed by atoms with Crippen molar-refractivity contribution in [2.45, 2.75) is 18.9 Å². The third-order valence-corrected chi connectivity index (χ3v) is 3.52. The van der Waals surface area contributed by atoms with Crippen LogP contribution in [0, 0.1) is 0 Å². The van der Waals surface area contributed by atoms with Crippen molar-refractivity contribution in [3.63, 3.8) is 0 Å². The molecule has 0 bridgehead atoms. The molecule has 1 saturated carbocycles. The van der Waals surface area contributed by atoms with E-state index in [1.165, 1.54) is 12.1 Å². The molecule has 0 atom stereocenters. The van der Waals surface area contributed by atoms with E-state index in [1.807, 2.05) is 0 Å². The van der Waals surface area contributed by atoms with E-state index in [0.717, 1.165) is 12.8 Å². The molecule has 0 aliphatic heterocycles. The maximum absolute atomic E-state index is 11.5. The van der Waals surface area contributed by atoms with Gasteiger partial charge in [0.25, 0.3) is 5.91 Å². The molecule has 0 saturated heterocycles. The summed E-state index contributed by atoms with van der Waals surface area (Å²) in [7, 11) is 0. The van der Waals surface area contributed by atoms with Crippen molar-refractivity contribution >= 4 is 46.7 Å². The Labute approximate surface area is 130 Å². The Morgan fingerprint density at radius 2 is 1.80 bits per heavy atom. The smallest absolute Gasteiger partial charge is 0.321 e. The molecule has 0 aromatic heterocycles. The number of ether oxygens (including phenoxy) is 1. The number of urea groups is 1. The third kappa shape index (κ3) is 4.44. The van der Waals surface area contributed by atoms with Crippen molar-refractivity contribution in [1.29, 1.82) is 0 Å². The lowest BCUT2D eigenvalue weighted by molar-refractivity contribution is -0.122. The van der Waals surface area contributed by atoms with Gasteiger partial charge in [-0.2, -0.15) is 0 Å². The minimum atomic E-state index is -0.578. The molecule has 20 heavy (non-hydrogen) atoms. The van der Waals surface area contributed by atoms with Gasteiger partial charge in [0.2, 0.25) is 0 Å². The van der Waals surface area contributed by atoms with Crippen LogP contribution in [0.25, 0.3) is 0 Å². The van der Waals surface area contributed by atoms with Crippen LogP contribution in [0.4, 0.5) is 4.79 Å². The molecule has 0 heterocycles. The zero-order valence-electron chi connectivity index (χ0n) is 10.2. The molecule has 3 amide bonds. The first-order valence-electron chi connectivity index (χ1n) is 5.83. The van der Waals surface area contributed by atoms with E-state index in [-0.39, 0.29) is 33.5 Å². The Hall–Kier alpha value is -1.17. The van der Waals surface area contributed by atoms with Crippen molar-refractivity contribution < 1.29 is 14.3 Å². The average molecular weight is 338 g/mol. The molecule has 2 rings (SSSR count). The second kappa shape index (κ2) is 6.52. The summed E-state index contributed by atoms with van der Waals surface area (Å²) >= 11 is 17.5. The van der Waals surface area contributed by atoms with Gasteiger partial charge < -0.3 is 10.1 Å². The van der Waals surface area contributed by atoms with Gasteiger partial charge in [-0.1, -0.05) is 34.8 Å². The summed E-state index contributed by atoms with van der Waals surface area (Å²) in [6.45, 7) is -0.351. The summed E-state index contributed by atoms with van der Waals surface area (Å²) in [5, 5.41) is 5.55. The lowest BCUT2D eigenvalue weighted by Crippen LogP contribution is -2.42. The van der Waals surface area contributed by atoms with E-state index in [1.54, 1.807) is 0 Å². The summed E-state index contributed by atoms with van der Waals surface area (Å²) < 4.78 is 5.19. The van der Waals surface area contributed by atoms with E-state index in [4.69, 9.17) is 39.5 Å². The number of amides is 3. The van der Waals surface area contributed by atoms with Crippen LogP contribution in [-0.4, -0.2) is 24.6 Å². The molecule has 0 unspecified atom stereocenters. The quantitative estimate of drug-likeness (QED) is 0.830. The monoisotopic (exact) mass is 336 g/mol. The van der Waals surface area contributed by atoms with Gasteiger partial charge in [-0.3, -0.25) is 10.1 Å². The Morgan fingerprint density at radius 1 is 1.15 bits per heavy atom. The van der Waals surface area contributed by atoms with Gasteiger partial charge >= 0.3 is 6.03 Å². The van der Waals surface area contributed by atoms with Crippen molar-refractivity contribution in [3.8, 4) is 5.75 Å². The lowest BCUT2D eigenvalue weighted by Gasteiger charge is -2.09. The molecule has 1 aromatic carbocycles. The van der Waals surface area contributed by atoms with E-state index in [0.29, 0.717) is 0 Å². The van der Waals surface area contributed by atoms with Crippen molar-refractivity contribution in [2.24, 2.45) is 0 Å². The molecule has 1 aliphatic carbocycles. The van der Waals surface area contributed by atoms with Gasteiger partial charge in [-0.05, 0) is 18.9 Å². The number of halogens is 3. The maximum Gasteiger partial charge on any atom is 0.321 e. The zero-order valence-corrected chi connectivity index (χ0v) is 12.5. The van der Waals surface area contributed by atoms with Gasteiger partial charge in [0, 0.05) is 12.1 Å². The van der Waals surface area contributed by atoms with E-state index >= 15 is 0 Å². The number of nitrogens with one attached hydrogen (secondary N) is 2. The first kappa shape index (κ1) is 15.2. The molecule has 0 radical (unpaired) electrons.